The third kappa shape index (κ3) is 4.56. The minimum absolute atomic E-state index is 0.323. The van der Waals surface area contributed by atoms with Crippen molar-refractivity contribution in [3.05, 3.63) is 0 Å². The molecule has 3 unspecified atom stereocenters. The Morgan fingerprint density at radius 1 is 0.905 bits per heavy atom. The molecule has 2 heteroatoms. The Kier molecular flexibility index (Phi) is 6.35. The number of halogens is 1. The zero-order chi connectivity index (χ0) is 15.6. The van der Waals surface area contributed by atoms with Gasteiger partial charge in [-0.2, -0.15) is 0 Å². The molecule has 0 amide bonds. The van der Waals surface area contributed by atoms with E-state index in [2.05, 4.69) is 43.6 Å². The van der Waals surface area contributed by atoms with Crippen molar-refractivity contribution in [2.75, 3.05) is 5.33 Å². The number of carbonyl (C=O) groups is 1. The lowest BCUT2D eigenvalue weighted by Gasteiger charge is -2.28. The highest BCUT2D eigenvalue weighted by atomic mass is 79.9. The second-order valence-electron chi connectivity index (χ2n) is 8.21. The van der Waals surface area contributed by atoms with Crippen molar-refractivity contribution in [1.29, 1.82) is 0 Å². The second kappa shape index (κ2) is 7.62. The fourth-order valence-electron chi connectivity index (χ4n) is 4.51. The summed E-state index contributed by atoms with van der Waals surface area (Å²) in [4.78, 5) is 12.4. The predicted molar refractivity (Wildman–Crippen MR) is 93.6 cm³/mol. The van der Waals surface area contributed by atoms with Crippen LogP contribution in [0.2, 0.25) is 0 Å². The second-order valence-corrected chi connectivity index (χ2v) is 8.77. The molecule has 0 aromatic carbocycles. The van der Waals surface area contributed by atoms with Crippen molar-refractivity contribution in [1.82, 2.24) is 0 Å². The van der Waals surface area contributed by atoms with Gasteiger partial charge in [0.1, 0.15) is 5.78 Å². The van der Waals surface area contributed by atoms with Crippen LogP contribution in [0, 0.1) is 41.4 Å². The summed E-state index contributed by atoms with van der Waals surface area (Å²) in [5, 5.41) is 0.548. The van der Waals surface area contributed by atoms with Gasteiger partial charge >= 0.3 is 0 Å². The van der Waals surface area contributed by atoms with E-state index in [1.54, 1.807) is 0 Å². The molecule has 0 aromatic heterocycles. The molecule has 0 aromatic rings. The number of carbonyl (C=O) groups excluding carboxylic acids is 1. The Morgan fingerprint density at radius 2 is 1.48 bits per heavy atom. The van der Waals surface area contributed by atoms with Crippen molar-refractivity contribution < 1.29 is 4.79 Å². The molecule has 1 nitrogen and oxygen atoms in total. The third-order valence-corrected chi connectivity index (χ3v) is 6.98. The number of alkyl halides is 1. The van der Waals surface area contributed by atoms with Gasteiger partial charge in [0, 0.05) is 5.92 Å². The fourth-order valence-corrected chi connectivity index (χ4v) is 4.88. The van der Waals surface area contributed by atoms with Crippen LogP contribution < -0.4 is 0 Å². The van der Waals surface area contributed by atoms with Crippen LogP contribution in [-0.2, 0) is 4.79 Å². The van der Waals surface area contributed by atoms with Crippen LogP contribution in [0.5, 0.6) is 0 Å². The molecule has 0 aliphatic heterocycles. The van der Waals surface area contributed by atoms with Crippen molar-refractivity contribution in [3.63, 3.8) is 0 Å². The summed E-state index contributed by atoms with van der Waals surface area (Å²) in [6, 6.07) is 0. The summed E-state index contributed by atoms with van der Waals surface area (Å²) in [5.41, 5.74) is 0. The molecule has 0 bridgehead atoms. The Morgan fingerprint density at radius 3 is 2.10 bits per heavy atom. The molecule has 0 heterocycles. The highest BCUT2D eigenvalue weighted by Crippen LogP contribution is 2.52. The highest BCUT2D eigenvalue weighted by Gasteiger charge is 2.47. The monoisotopic (exact) mass is 356 g/mol. The van der Waals surface area contributed by atoms with Crippen molar-refractivity contribution >= 4 is 21.7 Å². The van der Waals surface area contributed by atoms with Crippen LogP contribution >= 0.6 is 15.9 Å². The van der Waals surface area contributed by atoms with Crippen molar-refractivity contribution in [2.24, 2.45) is 41.4 Å². The van der Waals surface area contributed by atoms with Crippen LogP contribution in [0.25, 0.3) is 0 Å². The van der Waals surface area contributed by atoms with E-state index in [1.165, 1.54) is 38.5 Å². The first-order valence-electron chi connectivity index (χ1n) is 9.02. The minimum Gasteiger partial charge on any atom is -0.298 e. The first-order chi connectivity index (χ1) is 9.93. The summed E-state index contributed by atoms with van der Waals surface area (Å²) >= 11 is 3.42. The maximum absolute atomic E-state index is 12.4. The Bertz CT molecular complexity index is 353. The van der Waals surface area contributed by atoms with Crippen LogP contribution in [0.4, 0.5) is 0 Å². The summed E-state index contributed by atoms with van der Waals surface area (Å²) in [6.07, 6.45) is 7.95. The van der Waals surface area contributed by atoms with Crippen LogP contribution in [0.3, 0.4) is 0 Å². The highest BCUT2D eigenvalue weighted by molar-refractivity contribution is 9.09. The fraction of sp³-hybridized carbons (Fsp3) is 0.947. The van der Waals surface area contributed by atoms with Gasteiger partial charge in [-0.15, -0.1) is 0 Å². The molecule has 0 saturated heterocycles. The van der Waals surface area contributed by atoms with E-state index in [-0.39, 0.29) is 0 Å². The maximum Gasteiger partial charge on any atom is 0.147 e. The van der Waals surface area contributed by atoms with E-state index in [9.17, 15) is 4.79 Å². The molecule has 7 atom stereocenters. The number of Topliss-reactive ketones (excluding diaryl/α,β-unsaturated/α-hetero) is 1. The lowest BCUT2D eigenvalue weighted by Crippen LogP contribution is -2.27. The van der Waals surface area contributed by atoms with E-state index in [1.807, 2.05) is 0 Å². The Hall–Kier alpha value is 0.150. The summed E-state index contributed by atoms with van der Waals surface area (Å²) in [6.45, 7) is 9.58. The largest absolute Gasteiger partial charge is 0.298 e. The zero-order valence-electron chi connectivity index (χ0n) is 14.3. The summed E-state index contributed by atoms with van der Waals surface area (Å²) in [7, 11) is 0. The molecule has 2 aliphatic carbocycles. The van der Waals surface area contributed by atoms with Gasteiger partial charge in [-0.25, -0.2) is 0 Å². The van der Waals surface area contributed by atoms with Gasteiger partial charge in [0.15, 0.2) is 0 Å². The number of rotatable bonds is 2. The quantitative estimate of drug-likeness (QED) is 0.579. The summed E-state index contributed by atoms with van der Waals surface area (Å²) in [5.74, 6) is 5.35. The molecular weight excluding hydrogens is 324 g/mol. The molecule has 2 rings (SSSR count). The molecule has 0 N–H and O–H groups in total. The lowest BCUT2D eigenvalue weighted by atomic mass is 9.77. The topological polar surface area (TPSA) is 17.1 Å². The Labute approximate surface area is 139 Å². The number of fused-ring (bicyclic) bond motifs is 1. The molecule has 122 valence electrons. The van der Waals surface area contributed by atoms with Crippen molar-refractivity contribution in [3.8, 4) is 0 Å². The number of ketones is 1. The summed E-state index contributed by atoms with van der Waals surface area (Å²) < 4.78 is 0. The standard InChI is InChI=1S/C19H33BrO/c1-12-5-6-13(2)14(3)7-8-15(4)19(18(21)11-20)17-10-16(17)9-12/h12-17,19H,5-11H2,1-4H3/t12-,13+,14+,15?,16?,17?,19+/m0/s1. The SMILES string of the molecule is CC1CC[C@@H](C)[C@H](C)CC[C@H](C)CC2CC2[C@@H]1C(=O)CBr. The van der Waals surface area contributed by atoms with E-state index in [0.29, 0.717) is 28.9 Å². The minimum atomic E-state index is 0.323. The smallest absolute Gasteiger partial charge is 0.147 e. The normalized spacial score (nSPS) is 45.1. The molecular formula is C19H33BrO. The van der Waals surface area contributed by atoms with E-state index in [4.69, 9.17) is 0 Å². The van der Waals surface area contributed by atoms with Crippen LogP contribution in [0.1, 0.15) is 66.2 Å². The molecule has 21 heavy (non-hydrogen) atoms. The number of hydrogen-bond acceptors (Lipinski definition) is 1. The van der Waals surface area contributed by atoms with Gasteiger partial charge in [-0.3, -0.25) is 4.79 Å². The van der Waals surface area contributed by atoms with Gasteiger partial charge in [0.25, 0.3) is 0 Å². The molecule has 2 fully saturated rings. The predicted octanol–water partition coefficient (Wildman–Crippen LogP) is 5.71. The maximum atomic E-state index is 12.4. The molecule has 0 spiro atoms. The molecule has 2 saturated carbocycles. The van der Waals surface area contributed by atoms with E-state index < -0.39 is 0 Å². The average Bonchev–Trinajstić information content (AvgIpc) is 3.19. The lowest BCUT2D eigenvalue weighted by molar-refractivity contribution is -0.122. The molecule has 0 radical (unpaired) electrons. The Balaban J connectivity index is 2.08. The average molecular weight is 357 g/mol. The van der Waals surface area contributed by atoms with E-state index >= 15 is 0 Å². The van der Waals surface area contributed by atoms with Crippen molar-refractivity contribution in [2.45, 2.75) is 66.2 Å². The zero-order valence-corrected chi connectivity index (χ0v) is 15.9. The van der Waals surface area contributed by atoms with Gasteiger partial charge < -0.3 is 0 Å². The molecule has 2 aliphatic rings. The van der Waals surface area contributed by atoms with Crippen LogP contribution in [0.15, 0.2) is 0 Å². The van der Waals surface area contributed by atoms with Gasteiger partial charge in [0.05, 0.1) is 5.33 Å². The third-order valence-electron chi connectivity index (χ3n) is 6.42. The first kappa shape index (κ1) is 17.5. The van der Waals surface area contributed by atoms with Gasteiger partial charge in [-0.1, -0.05) is 62.9 Å². The first-order valence-corrected chi connectivity index (χ1v) is 10.1. The number of hydrogen-bond donors (Lipinski definition) is 0. The van der Waals surface area contributed by atoms with Gasteiger partial charge in [0.2, 0.25) is 0 Å². The van der Waals surface area contributed by atoms with Crippen LogP contribution in [-0.4, -0.2) is 11.1 Å². The van der Waals surface area contributed by atoms with Gasteiger partial charge in [-0.05, 0) is 54.8 Å². The van der Waals surface area contributed by atoms with E-state index in [0.717, 1.165) is 23.7 Å².